The second kappa shape index (κ2) is 8.73. The number of carbonyl (C=O) groups excluding carboxylic acids is 1. The highest BCUT2D eigenvalue weighted by Crippen LogP contribution is 2.27. The Bertz CT molecular complexity index is 905. The van der Waals surface area contributed by atoms with Crippen LogP contribution < -0.4 is 4.74 Å². The Hall–Kier alpha value is -2.80. The van der Waals surface area contributed by atoms with Crippen molar-refractivity contribution in [1.29, 1.82) is 0 Å². The van der Waals surface area contributed by atoms with Crippen molar-refractivity contribution in [2.45, 2.75) is 24.4 Å². The van der Waals surface area contributed by atoms with Crippen molar-refractivity contribution in [1.82, 2.24) is 14.8 Å². The zero-order chi connectivity index (χ0) is 19.2. The Kier molecular flexibility index (Phi) is 6.13. The Morgan fingerprint density at radius 1 is 1.04 bits per heavy atom. The van der Waals surface area contributed by atoms with E-state index in [1.807, 2.05) is 36.4 Å². The molecule has 0 atom stereocenters. The lowest BCUT2D eigenvalue weighted by molar-refractivity contribution is 0.0600. The van der Waals surface area contributed by atoms with E-state index in [2.05, 4.69) is 21.7 Å². The molecule has 6 nitrogen and oxygen atoms in total. The molecule has 0 aliphatic rings. The average molecular weight is 383 g/mol. The van der Waals surface area contributed by atoms with Crippen LogP contribution in [0.1, 0.15) is 22.8 Å². The smallest absolute Gasteiger partial charge is 0.337 e. The van der Waals surface area contributed by atoms with Crippen LogP contribution in [0.2, 0.25) is 0 Å². The summed E-state index contributed by atoms with van der Waals surface area (Å²) in [6, 6.07) is 15.2. The molecule has 0 saturated heterocycles. The summed E-state index contributed by atoms with van der Waals surface area (Å²) in [7, 11) is 3.03. The number of thioether (sulfide) groups is 1. The fourth-order valence-corrected chi connectivity index (χ4v) is 3.60. The highest BCUT2D eigenvalue weighted by molar-refractivity contribution is 7.98. The molecule has 0 bridgehead atoms. The minimum absolute atomic E-state index is 0.330. The molecule has 3 aromatic rings. The molecule has 3 rings (SSSR count). The van der Waals surface area contributed by atoms with Gasteiger partial charge in [-0.15, -0.1) is 10.2 Å². The SMILES string of the molecule is CCn1c(SCc2ccc(C(=O)OC)cc2)nnc1-c1ccc(OC)cc1. The van der Waals surface area contributed by atoms with Gasteiger partial charge in [0.2, 0.25) is 0 Å². The van der Waals surface area contributed by atoms with Crippen LogP contribution in [-0.2, 0) is 17.0 Å². The highest BCUT2D eigenvalue weighted by Gasteiger charge is 2.13. The lowest BCUT2D eigenvalue weighted by atomic mass is 10.1. The summed E-state index contributed by atoms with van der Waals surface area (Å²) in [6.45, 7) is 2.85. The maximum Gasteiger partial charge on any atom is 0.337 e. The van der Waals surface area contributed by atoms with E-state index in [9.17, 15) is 4.79 Å². The van der Waals surface area contributed by atoms with Gasteiger partial charge in [-0.05, 0) is 48.9 Å². The van der Waals surface area contributed by atoms with E-state index in [1.54, 1.807) is 31.0 Å². The molecule has 0 N–H and O–H groups in total. The molecule has 0 saturated carbocycles. The zero-order valence-electron chi connectivity index (χ0n) is 15.5. The van der Waals surface area contributed by atoms with Gasteiger partial charge >= 0.3 is 5.97 Å². The largest absolute Gasteiger partial charge is 0.497 e. The summed E-state index contributed by atoms with van der Waals surface area (Å²) in [5, 5.41) is 9.58. The Balaban J connectivity index is 1.73. The minimum atomic E-state index is -0.330. The van der Waals surface area contributed by atoms with Gasteiger partial charge in [-0.25, -0.2) is 4.79 Å². The first-order valence-corrected chi connectivity index (χ1v) is 9.52. The standard InChI is InChI=1S/C20H21N3O3S/c1-4-23-18(15-9-11-17(25-2)12-10-15)21-22-20(23)27-13-14-5-7-16(8-6-14)19(24)26-3/h5-12H,4,13H2,1-3H3. The quantitative estimate of drug-likeness (QED) is 0.453. The maximum absolute atomic E-state index is 11.5. The second-order valence-electron chi connectivity index (χ2n) is 5.76. The van der Waals surface area contributed by atoms with Crippen LogP contribution in [0.5, 0.6) is 5.75 Å². The lowest BCUT2D eigenvalue weighted by Gasteiger charge is -2.08. The number of esters is 1. The first-order valence-electron chi connectivity index (χ1n) is 8.54. The van der Waals surface area contributed by atoms with Gasteiger partial charge in [0, 0.05) is 17.9 Å². The van der Waals surface area contributed by atoms with Gasteiger partial charge in [-0.3, -0.25) is 0 Å². The summed E-state index contributed by atoms with van der Waals surface area (Å²) in [4.78, 5) is 11.5. The predicted octanol–water partition coefficient (Wildman–Crippen LogP) is 4.05. The molecule has 0 aliphatic heterocycles. The van der Waals surface area contributed by atoms with Crippen molar-refractivity contribution >= 4 is 17.7 Å². The second-order valence-corrected chi connectivity index (χ2v) is 6.70. The fourth-order valence-electron chi connectivity index (χ4n) is 2.64. The van der Waals surface area contributed by atoms with E-state index in [4.69, 9.17) is 9.47 Å². The van der Waals surface area contributed by atoms with E-state index in [0.717, 1.165) is 40.2 Å². The van der Waals surface area contributed by atoms with Crippen LogP contribution >= 0.6 is 11.8 Å². The molecule has 1 heterocycles. The van der Waals surface area contributed by atoms with Crippen molar-refractivity contribution in [3.8, 4) is 17.1 Å². The van der Waals surface area contributed by atoms with Gasteiger partial charge in [0.15, 0.2) is 11.0 Å². The number of ether oxygens (including phenoxy) is 2. The molecule has 7 heteroatoms. The van der Waals surface area contributed by atoms with Crippen LogP contribution in [-0.4, -0.2) is 35.0 Å². The molecule has 0 aliphatic carbocycles. The first-order chi connectivity index (χ1) is 13.2. The normalized spacial score (nSPS) is 10.6. The number of carbonyl (C=O) groups is 1. The number of rotatable bonds is 7. The summed E-state index contributed by atoms with van der Waals surface area (Å²) < 4.78 is 12.0. The maximum atomic E-state index is 11.5. The molecule has 0 radical (unpaired) electrons. The third-order valence-corrected chi connectivity index (χ3v) is 5.16. The molecule has 140 valence electrons. The Morgan fingerprint density at radius 2 is 1.74 bits per heavy atom. The third-order valence-electron chi connectivity index (χ3n) is 4.12. The fraction of sp³-hybridized carbons (Fsp3) is 0.250. The Morgan fingerprint density at radius 3 is 2.33 bits per heavy atom. The van der Waals surface area contributed by atoms with Crippen LogP contribution in [0.3, 0.4) is 0 Å². The molecular formula is C20H21N3O3S. The van der Waals surface area contributed by atoms with E-state index in [-0.39, 0.29) is 5.97 Å². The van der Waals surface area contributed by atoms with Gasteiger partial charge in [0.05, 0.1) is 19.8 Å². The van der Waals surface area contributed by atoms with Crippen LogP contribution in [0.15, 0.2) is 53.7 Å². The topological polar surface area (TPSA) is 66.2 Å². The van der Waals surface area contributed by atoms with Gasteiger partial charge in [-0.1, -0.05) is 23.9 Å². The summed E-state index contributed by atoms with van der Waals surface area (Å²) in [6.07, 6.45) is 0. The van der Waals surface area contributed by atoms with Gasteiger partial charge in [-0.2, -0.15) is 0 Å². The molecule has 0 spiro atoms. The molecule has 2 aromatic carbocycles. The van der Waals surface area contributed by atoms with Crippen molar-refractivity contribution in [2.24, 2.45) is 0 Å². The number of methoxy groups -OCH3 is 2. The number of hydrogen-bond donors (Lipinski definition) is 0. The van der Waals surface area contributed by atoms with Gasteiger partial charge in [0.25, 0.3) is 0 Å². The van der Waals surface area contributed by atoms with Gasteiger partial charge in [0.1, 0.15) is 5.75 Å². The molecule has 27 heavy (non-hydrogen) atoms. The van der Waals surface area contributed by atoms with Crippen molar-refractivity contribution in [3.05, 3.63) is 59.7 Å². The third kappa shape index (κ3) is 4.31. The molecule has 0 amide bonds. The van der Waals surface area contributed by atoms with E-state index in [1.165, 1.54) is 7.11 Å². The van der Waals surface area contributed by atoms with Gasteiger partial charge < -0.3 is 14.0 Å². The highest BCUT2D eigenvalue weighted by atomic mass is 32.2. The van der Waals surface area contributed by atoms with Crippen molar-refractivity contribution < 1.29 is 14.3 Å². The summed E-state index contributed by atoms with van der Waals surface area (Å²) in [5.74, 6) is 2.06. The lowest BCUT2D eigenvalue weighted by Crippen LogP contribution is -2.01. The van der Waals surface area contributed by atoms with E-state index in [0.29, 0.717) is 5.56 Å². The Labute approximate surface area is 162 Å². The van der Waals surface area contributed by atoms with Crippen LogP contribution in [0.4, 0.5) is 0 Å². The number of aromatic nitrogens is 3. The molecule has 1 aromatic heterocycles. The van der Waals surface area contributed by atoms with E-state index < -0.39 is 0 Å². The van der Waals surface area contributed by atoms with Crippen LogP contribution in [0, 0.1) is 0 Å². The monoisotopic (exact) mass is 383 g/mol. The van der Waals surface area contributed by atoms with E-state index >= 15 is 0 Å². The first kappa shape index (κ1) is 19.0. The summed E-state index contributed by atoms with van der Waals surface area (Å²) in [5.41, 5.74) is 2.65. The predicted molar refractivity (Wildman–Crippen MR) is 105 cm³/mol. The number of benzene rings is 2. The zero-order valence-corrected chi connectivity index (χ0v) is 16.3. The van der Waals surface area contributed by atoms with Crippen molar-refractivity contribution in [2.75, 3.05) is 14.2 Å². The average Bonchev–Trinajstić information content (AvgIpc) is 3.15. The number of nitrogens with zero attached hydrogens (tertiary/aromatic N) is 3. The van der Waals surface area contributed by atoms with Crippen molar-refractivity contribution in [3.63, 3.8) is 0 Å². The molecular weight excluding hydrogens is 362 g/mol. The van der Waals surface area contributed by atoms with Crippen LogP contribution in [0.25, 0.3) is 11.4 Å². The summed E-state index contributed by atoms with van der Waals surface area (Å²) >= 11 is 1.62. The minimum Gasteiger partial charge on any atom is -0.497 e. The molecule has 0 unspecified atom stereocenters. The molecule has 0 fully saturated rings. The number of hydrogen-bond acceptors (Lipinski definition) is 6.